The molecule has 2 aromatic heterocycles. The van der Waals surface area contributed by atoms with Gasteiger partial charge in [-0.3, -0.25) is 0 Å². The number of thiophene rings is 1. The Hall–Kier alpha value is -2.47. The Morgan fingerprint density at radius 2 is 2.15 bits per heavy atom. The molecule has 6 heteroatoms. The number of hydrogen-bond acceptors (Lipinski definition) is 4. The van der Waals surface area contributed by atoms with Gasteiger partial charge in [-0.15, -0.1) is 11.3 Å². The van der Waals surface area contributed by atoms with E-state index < -0.39 is 17.3 Å². The zero-order valence-corrected chi connectivity index (χ0v) is 10.9. The maximum absolute atomic E-state index is 13.6. The van der Waals surface area contributed by atoms with E-state index in [1.807, 2.05) is 17.5 Å². The Balaban J connectivity index is 2.10. The van der Waals surface area contributed by atoms with Crippen LogP contribution in [0.1, 0.15) is 10.4 Å². The molecule has 0 spiro atoms. The fourth-order valence-electron chi connectivity index (χ4n) is 1.85. The van der Waals surface area contributed by atoms with Crippen molar-refractivity contribution in [1.82, 2.24) is 4.98 Å². The summed E-state index contributed by atoms with van der Waals surface area (Å²) in [5.41, 5.74) is -0.499. The lowest BCUT2D eigenvalue weighted by molar-refractivity contribution is 0.0689. The van der Waals surface area contributed by atoms with Crippen molar-refractivity contribution >= 4 is 27.4 Å². The number of aromatic nitrogens is 1. The van der Waals surface area contributed by atoms with Gasteiger partial charge in [0.2, 0.25) is 5.88 Å². The second-order valence-electron chi connectivity index (χ2n) is 3.97. The van der Waals surface area contributed by atoms with Gasteiger partial charge in [-0.2, -0.15) is 0 Å². The van der Waals surface area contributed by atoms with E-state index in [0.717, 1.165) is 16.2 Å². The zero-order chi connectivity index (χ0) is 14.1. The van der Waals surface area contributed by atoms with Crippen LogP contribution in [-0.4, -0.2) is 16.1 Å². The summed E-state index contributed by atoms with van der Waals surface area (Å²) in [6.45, 7) is 0. The number of rotatable bonds is 3. The largest absolute Gasteiger partial charge is 0.477 e. The van der Waals surface area contributed by atoms with E-state index in [9.17, 15) is 9.18 Å². The minimum absolute atomic E-state index is 0.0660. The number of benzene rings is 1. The monoisotopic (exact) mass is 289 g/mol. The third kappa shape index (κ3) is 2.10. The van der Waals surface area contributed by atoms with Gasteiger partial charge in [-0.25, -0.2) is 14.2 Å². The van der Waals surface area contributed by atoms with E-state index in [1.54, 1.807) is 6.20 Å². The van der Waals surface area contributed by atoms with E-state index in [-0.39, 0.29) is 11.6 Å². The molecule has 0 bridgehead atoms. The first-order chi connectivity index (χ1) is 9.66. The highest BCUT2D eigenvalue weighted by Crippen LogP contribution is 2.32. The van der Waals surface area contributed by atoms with Crippen LogP contribution in [0.2, 0.25) is 0 Å². The smallest absolute Gasteiger partial charge is 0.342 e. The standard InChI is InChI=1S/C14H8FNO3S/c15-9-2-1-3-10(12(9)14(17)18)19-13-8-5-7-20-11(8)4-6-16-13/h1-7H,(H,17,18). The Morgan fingerprint density at radius 3 is 2.95 bits per heavy atom. The molecule has 0 amide bonds. The summed E-state index contributed by atoms with van der Waals surface area (Å²) in [4.78, 5) is 15.2. The van der Waals surface area contributed by atoms with Crippen LogP contribution in [0.4, 0.5) is 4.39 Å². The number of aromatic carboxylic acids is 1. The predicted molar refractivity (Wildman–Crippen MR) is 73.1 cm³/mol. The number of ether oxygens (including phenoxy) is 1. The molecule has 20 heavy (non-hydrogen) atoms. The summed E-state index contributed by atoms with van der Waals surface area (Å²) in [5.74, 6) is -2.02. The lowest BCUT2D eigenvalue weighted by Gasteiger charge is -2.09. The number of carboxylic acids is 1. The van der Waals surface area contributed by atoms with Crippen molar-refractivity contribution in [3.63, 3.8) is 0 Å². The van der Waals surface area contributed by atoms with Crippen LogP contribution in [0.3, 0.4) is 0 Å². The predicted octanol–water partition coefficient (Wildman–Crippen LogP) is 3.93. The number of pyridine rings is 1. The molecule has 0 saturated heterocycles. The molecule has 3 rings (SSSR count). The number of carbonyl (C=O) groups is 1. The van der Waals surface area contributed by atoms with E-state index in [4.69, 9.17) is 9.84 Å². The molecule has 0 aliphatic carbocycles. The van der Waals surface area contributed by atoms with Crippen molar-refractivity contribution in [2.45, 2.75) is 0 Å². The molecule has 2 heterocycles. The van der Waals surface area contributed by atoms with Crippen molar-refractivity contribution in [2.75, 3.05) is 0 Å². The summed E-state index contributed by atoms with van der Waals surface area (Å²) >= 11 is 1.52. The molecule has 100 valence electrons. The van der Waals surface area contributed by atoms with Gasteiger partial charge in [0, 0.05) is 10.9 Å². The SMILES string of the molecule is O=C(O)c1c(F)cccc1Oc1nccc2sccc12. The van der Waals surface area contributed by atoms with Crippen molar-refractivity contribution in [3.8, 4) is 11.6 Å². The fourth-order valence-corrected chi connectivity index (χ4v) is 2.62. The van der Waals surface area contributed by atoms with E-state index >= 15 is 0 Å². The Bertz CT molecular complexity index is 800. The Morgan fingerprint density at radius 1 is 1.30 bits per heavy atom. The minimum Gasteiger partial charge on any atom is -0.477 e. The van der Waals surface area contributed by atoms with Crippen molar-refractivity contribution in [3.05, 3.63) is 53.3 Å². The van der Waals surface area contributed by atoms with Gasteiger partial charge in [0.05, 0.1) is 5.39 Å². The second-order valence-corrected chi connectivity index (χ2v) is 4.92. The summed E-state index contributed by atoms with van der Waals surface area (Å²) in [5, 5.41) is 11.7. The Labute approximate surface area is 117 Å². The lowest BCUT2D eigenvalue weighted by atomic mass is 10.2. The average molecular weight is 289 g/mol. The summed E-state index contributed by atoms with van der Waals surface area (Å²) in [7, 11) is 0. The van der Waals surface area contributed by atoms with E-state index in [1.165, 1.54) is 23.5 Å². The molecule has 3 aromatic rings. The summed E-state index contributed by atoms with van der Waals surface area (Å²) in [6, 6.07) is 7.53. The fraction of sp³-hybridized carbons (Fsp3) is 0. The van der Waals surface area contributed by atoms with Gasteiger partial charge in [-0.1, -0.05) is 6.07 Å². The third-order valence-electron chi connectivity index (χ3n) is 2.74. The first-order valence-electron chi connectivity index (χ1n) is 5.68. The molecular formula is C14H8FNO3S. The van der Waals surface area contributed by atoms with Crippen LogP contribution in [-0.2, 0) is 0 Å². The van der Waals surface area contributed by atoms with E-state index in [0.29, 0.717) is 0 Å². The average Bonchev–Trinajstić information content (AvgIpc) is 2.87. The number of hydrogen-bond donors (Lipinski definition) is 1. The number of halogens is 1. The second kappa shape index (κ2) is 4.90. The van der Waals surface area contributed by atoms with E-state index in [2.05, 4.69) is 4.98 Å². The van der Waals surface area contributed by atoms with Crippen LogP contribution in [0.15, 0.2) is 41.9 Å². The molecular weight excluding hydrogens is 281 g/mol. The van der Waals surface area contributed by atoms with Crippen LogP contribution in [0.25, 0.3) is 10.1 Å². The molecule has 1 aromatic carbocycles. The lowest BCUT2D eigenvalue weighted by Crippen LogP contribution is -2.03. The number of carboxylic acid groups (broad SMARTS) is 1. The third-order valence-corrected chi connectivity index (χ3v) is 3.62. The summed E-state index contributed by atoms with van der Waals surface area (Å²) in [6.07, 6.45) is 1.56. The number of fused-ring (bicyclic) bond motifs is 1. The highest BCUT2D eigenvalue weighted by Gasteiger charge is 2.18. The number of nitrogens with zero attached hydrogens (tertiary/aromatic N) is 1. The van der Waals surface area contributed by atoms with Gasteiger partial charge in [0.1, 0.15) is 17.1 Å². The van der Waals surface area contributed by atoms with Crippen LogP contribution >= 0.6 is 11.3 Å². The molecule has 0 radical (unpaired) electrons. The molecule has 0 aliphatic heterocycles. The normalized spacial score (nSPS) is 10.7. The van der Waals surface area contributed by atoms with Crippen LogP contribution < -0.4 is 4.74 Å². The van der Waals surface area contributed by atoms with Crippen molar-refractivity contribution in [2.24, 2.45) is 0 Å². The molecule has 0 saturated carbocycles. The first-order valence-corrected chi connectivity index (χ1v) is 6.56. The molecule has 0 unspecified atom stereocenters. The summed E-state index contributed by atoms with van der Waals surface area (Å²) < 4.78 is 20.0. The quantitative estimate of drug-likeness (QED) is 0.793. The van der Waals surface area contributed by atoms with Gasteiger partial charge in [0.15, 0.2) is 0 Å². The highest BCUT2D eigenvalue weighted by molar-refractivity contribution is 7.17. The van der Waals surface area contributed by atoms with Gasteiger partial charge in [0.25, 0.3) is 0 Å². The van der Waals surface area contributed by atoms with Gasteiger partial charge >= 0.3 is 5.97 Å². The first kappa shape index (κ1) is 12.6. The van der Waals surface area contributed by atoms with Crippen LogP contribution in [0, 0.1) is 5.82 Å². The minimum atomic E-state index is -1.38. The van der Waals surface area contributed by atoms with Crippen molar-refractivity contribution in [1.29, 1.82) is 0 Å². The molecule has 0 fully saturated rings. The van der Waals surface area contributed by atoms with Crippen LogP contribution in [0.5, 0.6) is 11.6 Å². The van der Waals surface area contributed by atoms with Crippen molar-refractivity contribution < 1.29 is 19.0 Å². The molecule has 0 atom stereocenters. The van der Waals surface area contributed by atoms with Gasteiger partial charge in [-0.05, 0) is 29.6 Å². The maximum Gasteiger partial charge on any atom is 0.342 e. The Kier molecular flexibility index (Phi) is 3.08. The maximum atomic E-state index is 13.6. The topological polar surface area (TPSA) is 59.4 Å². The zero-order valence-electron chi connectivity index (χ0n) is 10.0. The van der Waals surface area contributed by atoms with Gasteiger partial charge < -0.3 is 9.84 Å². The highest BCUT2D eigenvalue weighted by atomic mass is 32.1. The molecule has 0 aliphatic rings. The molecule has 1 N–H and O–H groups in total. The molecule has 4 nitrogen and oxygen atoms in total.